The summed E-state index contributed by atoms with van der Waals surface area (Å²) in [5.74, 6) is 1.40. The van der Waals surface area contributed by atoms with Gasteiger partial charge in [0.05, 0.1) is 6.61 Å². The Morgan fingerprint density at radius 3 is 2.59 bits per heavy atom. The van der Waals surface area contributed by atoms with E-state index in [2.05, 4.69) is 30.9 Å². The minimum atomic E-state index is -0.289. The van der Waals surface area contributed by atoms with Gasteiger partial charge >= 0.3 is 0 Å². The van der Waals surface area contributed by atoms with Crippen LogP contribution in [0.4, 0.5) is 0 Å². The number of fused-ring (bicyclic) bond motifs is 5. The van der Waals surface area contributed by atoms with Crippen LogP contribution in [0.1, 0.15) is 65.2 Å². The first-order valence-corrected chi connectivity index (χ1v) is 12.9. The molecule has 0 aromatic rings. The number of nitrogens with one attached hydrogen (secondary N) is 1. The predicted molar refractivity (Wildman–Crippen MR) is 116 cm³/mol. The van der Waals surface area contributed by atoms with Gasteiger partial charge in [-0.3, -0.25) is 9.59 Å². The summed E-state index contributed by atoms with van der Waals surface area (Å²) < 4.78 is 0. The lowest BCUT2D eigenvalue weighted by molar-refractivity contribution is -0.169. The molecule has 5 heteroatoms. The maximum absolute atomic E-state index is 13.7. The summed E-state index contributed by atoms with van der Waals surface area (Å²) in [6, 6.07) is 0. The Hall–Kier alpha value is -0.390. The highest BCUT2D eigenvalue weighted by Crippen LogP contribution is 2.66. The fraction of sp³-hybridized carbons (Fsp3) is 0.917. The minimum absolute atomic E-state index is 0.00170. The average Bonchev–Trinajstić information content (AvgIpc) is 3.31. The number of carbonyl (C=O) groups excluding carboxylic acids is 2. The third-order valence-corrected chi connectivity index (χ3v) is 11.6. The molecule has 0 spiro atoms. The second-order valence-electron chi connectivity index (χ2n) is 11.1. The van der Waals surface area contributed by atoms with Crippen LogP contribution in [0, 0.1) is 40.4 Å². The van der Waals surface area contributed by atoms with E-state index in [4.69, 9.17) is 0 Å². The largest absolute Gasteiger partial charge is 0.396 e. The van der Waals surface area contributed by atoms with Crippen molar-refractivity contribution >= 4 is 23.3 Å². The minimum Gasteiger partial charge on any atom is -0.396 e. The van der Waals surface area contributed by atoms with Gasteiger partial charge in [0.25, 0.3) is 0 Å². The highest BCUT2D eigenvalue weighted by atomic mass is 32.2. The molecule has 1 heterocycles. The van der Waals surface area contributed by atoms with Crippen LogP contribution in [0.5, 0.6) is 0 Å². The molecule has 9 atom stereocenters. The van der Waals surface area contributed by atoms with Crippen molar-refractivity contribution < 1.29 is 14.7 Å². The van der Waals surface area contributed by atoms with Crippen molar-refractivity contribution in [1.29, 1.82) is 0 Å². The molecule has 0 aromatic heterocycles. The number of rotatable bonds is 3. The number of Topliss-reactive ketones (excluding diaryl/α,β-unsaturated/α-hetero) is 2. The average molecular weight is 420 g/mol. The number of aliphatic hydroxyl groups excluding tert-OH is 1. The zero-order valence-electron chi connectivity index (χ0n) is 18.0. The molecule has 4 aliphatic carbocycles. The molecular formula is C24H37NO3S. The van der Waals surface area contributed by atoms with Crippen molar-refractivity contribution in [2.75, 3.05) is 19.7 Å². The van der Waals surface area contributed by atoms with Crippen molar-refractivity contribution in [3.63, 3.8) is 0 Å². The quantitative estimate of drug-likeness (QED) is 0.733. The van der Waals surface area contributed by atoms with Crippen LogP contribution in [-0.4, -0.2) is 46.9 Å². The van der Waals surface area contributed by atoms with Crippen LogP contribution in [0.25, 0.3) is 0 Å². The Labute approximate surface area is 179 Å². The highest BCUT2D eigenvalue weighted by molar-refractivity contribution is 8.00. The molecule has 5 rings (SSSR count). The second kappa shape index (κ2) is 7.34. The van der Waals surface area contributed by atoms with E-state index in [1.165, 1.54) is 19.3 Å². The van der Waals surface area contributed by atoms with Gasteiger partial charge < -0.3 is 10.4 Å². The molecule has 0 aromatic carbocycles. The molecule has 162 valence electrons. The van der Waals surface area contributed by atoms with Gasteiger partial charge in [-0.25, -0.2) is 0 Å². The van der Waals surface area contributed by atoms with Crippen LogP contribution >= 0.6 is 11.8 Å². The maximum atomic E-state index is 13.7. The molecule has 4 nitrogen and oxygen atoms in total. The van der Waals surface area contributed by atoms with Crippen molar-refractivity contribution in [3.05, 3.63) is 0 Å². The summed E-state index contributed by atoms with van der Waals surface area (Å²) in [6.07, 6.45) is 8.27. The summed E-state index contributed by atoms with van der Waals surface area (Å²) in [4.78, 5) is 26.4. The predicted octanol–water partition coefficient (Wildman–Crippen LogP) is 3.46. The number of hydrogen-bond acceptors (Lipinski definition) is 5. The van der Waals surface area contributed by atoms with Crippen LogP contribution in [-0.2, 0) is 9.59 Å². The van der Waals surface area contributed by atoms with E-state index < -0.39 is 0 Å². The Bertz CT molecular complexity index is 692. The third kappa shape index (κ3) is 3.01. The molecule has 5 fully saturated rings. The van der Waals surface area contributed by atoms with Crippen LogP contribution < -0.4 is 5.32 Å². The molecule has 5 aliphatic rings. The van der Waals surface area contributed by atoms with E-state index in [0.29, 0.717) is 40.3 Å². The number of ketones is 2. The van der Waals surface area contributed by atoms with E-state index in [0.717, 1.165) is 38.8 Å². The van der Waals surface area contributed by atoms with Crippen LogP contribution in [0.3, 0.4) is 0 Å². The van der Waals surface area contributed by atoms with Crippen LogP contribution in [0.15, 0.2) is 0 Å². The van der Waals surface area contributed by atoms with Crippen molar-refractivity contribution in [1.82, 2.24) is 5.32 Å². The first-order chi connectivity index (χ1) is 13.9. The van der Waals surface area contributed by atoms with Gasteiger partial charge in [-0.1, -0.05) is 13.8 Å². The normalized spacial score (nSPS) is 52.2. The zero-order chi connectivity index (χ0) is 20.4. The van der Waals surface area contributed by atoms with Crippen molar-refractivity contribution in [2.45, 2.75) is 75.7 Å². The number of carbonyl (C=O) groups is 2. The van der Waals surface area contributed by atoms with E-state index in [9.17, 15) is 14.7 Å². The molecule has 4 saturated carbocycles. The fourth-order valence-electron chi connectivity index (χ4n) is 8.26. The summed E-state index contributed by atoms with van der Waals surface area (Å²) in [7, 11) is 0. The van der Waals surface area contributed by atoms with Gasteiger partial charge in [-0.2, -0.15) is 11.8 Å². The molecular weight excluding hydrogens is 382 g/mol. The van der Waals surface area contributed by atoms with Gasteiger partial charge in [-0.05, 0) is 74.7 Å². The van der Waals surface area contributed by atoms with Crippen LogP contribution in [0.2, 0.25) is 0 Å². The molecule has 0 amide bonds. The molecule has 0 radical (unpaired) electrons. The Balaban J connectivity index is 1.42. The molecule has 29 heavy (non-hydrogen) atoms. The van der Waals surface area contributed by atoms with Gasteiger partial charge in [0.2, 0.25) is 0 Å². The molecule has 1 saturated heterocycles. The Morgan fingerprint density at radius 2 is 1.86 bits per heavy atom. The standard InChI is InChI=1S/C24H37NO3S/c1-23-8-5-14(29-15-7-10-25-12-15)11-19(23)16(13-26)22(28)21-17-3-4-20(27)24(17,2)9-6-18(21)23/h14-19,21,25-26H,3-13H2,1-2H3/t14-,15?,16-,17+,18+,19?,21+,23-,24+/m1/s1. The van der Waals surface area contributed by atoms with Crippen molar-refractivity contribution in [3.8, 4) is 0 Å². The molecule has 2 N–H and O–H groups in total. The summed E-state index contributed by atoms with van der Waals surface area (Å²) >= 11 is 2.14. The summed E-state index contributed by atoms with van der Waals surface area (Å²) in [6.45, 7) is 6.79. The second-order valence-corrected chi connectivity index (χ2v) is 12.7. The summed E-state index contributed by atoms with van der Waals surface area (Å²) in [5.41, 5.74) is -0.146. The SMILES string of the molecule is C[C@]12CC[C@@H](SC3CCNC3)CC1[C@@H](CO)C(=O)[C@@H]1[C@@H]2CC[C@]2(C)C(=O)CC[C@@H]12. The lowest BCUT2D eigenvalue weighted by Gasteiger charge is -2.61. The zero-order valence-corrected chi connectivity index (χ0v) is 18.8. The Morgan fingerprint density at radius 1 is 1.03 bits per heavy atom. The van der Waals surface area contributed by atoms with Crippen molar-refractivity contribution in [2.24, 2.45) is 40.4 Å². The first-order valence-electron chi connectivity index (χ1n) is 11.9. The summed E-state index contributed by atoms with van der Waals surface area (Å²) in [5, 5.41) is 15.1. The topological polar surface area (TPSA) is 66.4 Å². The highest BCUT2D eigenvalue weighted by Gasteiger charge is 2.65. The van der Waals surface area contributed by atoms with Gasteiger partial charge in [0.1, 0.15) is 11.6 Å². The van der Waals surface area contributed by atoms with E-state index in [1.807, 2.05) is 0 Å². The molecule has 1 aliphatic heterocycles. The first kappa shape index (κ1) is 20.5. The lowest BCUT2D eigenvalue weighted by atomic mass is 9.43. The fourth-order valence-corrected chi connectivity index (χ4v) is 9.85. The number of aliphatic hydroxyl groups is 1. The third-order valence-electron chi connectivity index (χ3n) is 9.97. The van der Waals surface area contributed by atoms with E-state index in [1.54, 1.807) is 0 Å². The van der Waals surface area contributed by atoms with Gasteiger partial charge in [0, 0.05) is 40.7 Å². The number of thioether (sulfide) groups is 1. The number of hydrogen-bond donors (Lipinski definition) is 2. The van der Waals surface area contributed by atoms with Gasteiger partial charge in [0.15, 0.2) is 0 Å². The molecule has 0 bridgehead atoms. The van der Waals surface area contributed by atoms with E-state index in [-0.39, 0.29) is 35.2 Å². The Kier molecular flexibility index (Phi) is 5.19. The lowest BCUT2D eigenvalue weighted by Crippen LogP contribution is -2.61. The monoisotopic (exact) mass is 419 g/mol. The van der Waals surface area contributed by atoms with Gasteiger partial charge in [-0.15, -0.1) is 0 Å². The van der Waals surface area contributed by atoms with E-state index >= 15 is 0 Å². The maximum Gasteiger partial charge on any atom is 0.142 e. The smallest absolute Gasteiger partial charge is 0.142 e. The molecule has 2 unspecified atom stereocenters.